The molecule has 0 aromatic heterocycles. The lowest BCUT2D eigenvalue weighted by atomic mass is 10.1. The van der Waals surface area contributed by atoms with Gasteiger partial charge >= 0.3 is 6.03 Å². The van der Waals surface area contributed by atoms with E-state index < -0.39 is 18.2 Å². The lowest BCUT2D eigenvalue weighted by Gasteiger charge is -2.35. The van der Waals surface area contributed by atoms with E-state index in [-0.39, 0.29) is 5.91 Å². The van der Waals surface area contributed by atoms with Gasteiger partial charge in [-0.25, -0.2) is 4.79 Å². The number of hydrogen-bond donors (Lipinski definition) is 2. The van der Waals surface area contributed by atoms with Gasteiger partial charge in [-0.1, -0.05) is 23.7 Å². The highest BCUT2D eigenvalue weighted by Gasteiger charge is 2.49. The monoisotopic (exact) mass is 435 g/mol. The molecule has 3 rings (SSSR count). The number of rotatable bonds is 7. The normalized spacial score (nSPS) is 22.7. The number of nitrogens with one attached hydrogen (secondary N) is 2. The first-order valence-electron chi connectivity index (χ1n) is 9.54. The Balaban J connectivity index is 1.78. The largest absolute Gasteiger partial charge is 0.493 e. The molecule has 1 aromatic carbocycles. The molecule has 2 atom stereocenters. The van der Waals surface area contributed by atoms with Crippen molar-refractivity contribution in [1.29, 1.82) is 0 Å². The fraction of sp³-hybridized carbons (Fsp3) is 0.450. The highest BCUT2D eigenvalue weighted by Crippen LogP contribution is 2.28. The molecule has 10 heteroatoms. The van der Waals surface area contributed by atoms with Gasteiger partial charge in [0.25, 0.3) is 5.91 Å². The number of carbonyl (C=O) groups is 2. The lowest BCUT2D eigenvalue weighted by molar-refractivity contribution is -0.126. The van der Waals surface area contributed by atoms with Crippen LogP contribution in [0.25, 0.3) is 0 Å². The Morgan fingerprint density at radius 1 is 1.27 bits per heavy atom. The Kier molecular flexibility index (Phi) is 6.71. The van der Waals surface area contributed by atoms with Crippen molar-refractivity contribution in [2.75, 3.05) is 34.4 Å². The van der Waals surface area contributed by atoms with Crippen molar-refractivity contribution in [2.45, 2.75) is 25.6 Å². The van der Waals surface area contributed by atoms with Gasteiger partial charge in [-0.3, -0.25) is 15.1 Å². The molecule has 2 aliphatic rings. The molecule has 2 heterocycles. The molecule has 2 unspecified atom stereocenters. The Morgan fingerprint density at radius 3 is 2.67 bits per heavy atom. The molecular formula is C20H26ClN5O4. The summed E-state index contributed by atoms with van der Waals surface area (Å²) in [7, 11) is 4.83. The standard InChI is InChI=1S/C20H26ClN5O4/c1-12(21)8-10-26-16-17(25(2)20(28)24-18(16)27)23-19(26)22-9-7-13-5-6-14(29-3)15(11-13)30-4/h5-6,8,11,16-17H,7,9-10H2,1-4H3,(H,22,23)(H,24,27,28)/b12-8+. The number of urea groups is 1. The topological polar surface area (TPSA) is 95.5 Å². The fourth-order valence-corrected chi connectivity index (χ4v) is 3.54. The minimum absolute atomic E-state index is 0.360. The SMILES string of the molecule is COc1ccc(CCN=C2NC3C(C(=O)NC(=O)N3C)N2C/C=C(\C)Cl)cc1OC. The molecule has 9 nitrogen and oxygen atoms in total. The van der Waals surface area contributed by atoms with Crippen LogP contribution in [0.15, 0.2) is 34.3 Å². The average molecular weight is 436 g/mol. The predicted octanol–water partition coefficient (Wildman–Crippen LogP) is 1.53. The van der Waals surface area contributed by atoms with E-state index in [0.29, 0.717) is 42.0 Å². The molecule has 0 saturated carbocycles. The van der Waals surface area contributed by atoms with Crippen molar-refractivity contribution in [3.8, 4) is 11.5 Å². The van der Waals surface area contributed by atoms with E-state index in [1.165, 1.54) is 4.90 Å². The summed E-state index contributed by atoms with van der Waals surface area (Å²) in [6.07, 6.45) is 1.98. The van der Waals surface area contributed by atoms with Gasteiger partial charge < -0.3 is 24.6 Å². The van der Waals surface area contributed by atoms with E-state index in [9.17, 15) is 9.59 Å². The number of fused-ring (bicyclic) bond motifs is 1. The molecule has 2 fully saturated rings. The quantitative estimate of drug-likeness (QED) is 0.674. The first-order valence-corrected chi connectivity index (χ1v) is 9.92. The van der Waals surface area contributed by atoms with Crippen LogP contribution in [0.4, 0.5) is 4.79 Å². The zero-order valence-corrected chi connectivity index (χ0v) is 18.2. The fourth-order valence-electron chi connectivity index (χ4n) is 3.47. The molecular weight excluding hydrogens is 410 g/mol. The predicted molar refractivity (Wildman–Crippen MR) is 114 cm³/mol. The summed E-state index contributed by atoms with van der Waals surface area (Å²) < 4.78 is 10.6. The maximum atomic E-state index is 12.5. The Hall–Kier alpha value is -2.94. The second-order valence-corrected chi connectivity index (χ2v) is 7.62. The van der Waals surface area contributed by atoms with E-state index in [0.717, 1.165) is 5.56 Å². The van der Waals surface area contributed by atoms with Gasteiger partial charge in [0.15, 0.2) is 23.5 Å². The van der Waals surface area contributed by atoms with E-state index in [1.54, 1.807) is 34.3 Å². The number of amides is 3. The number of likely N-dealkylation sites (N-methyl/N-ethyl adjacent to an activating group) is 1. The van der Waals surface area contributed by atoms with E-state index >= 15 is 0 Å². The van der Waals surface area contributed by atoms with Gasteiger partial charge in [0.05, 0.1) is 14.2 Å². The number of methoxy groups -OCH3 is 2. The van der Waals surface area contributed by atoms with E-state index in [1.807, 2.05) is 23.1 Å². The van der Waals surface area contributed by atoms with Gasteiger partial charge in [0, 0.05) is 25.2 Å². The van der Waals surface area contributed by atoms with E-state index in [4.69, 9.17) is 21.1 Å². The lowest BCUT2D eigenvalue weighted by Crippen LogP contribution is -2.64. The molecule has 2 saturated heterocycles. The number of ether oxygens (including phenoxy) is 2. The second-order valence-electron chi connectivity index (χ2n) is 7.03. The molecule has 0 aliphatic carbocycles. The molecule has 1 aromatic rings. The maximum absolute atomic E-state index is 12.5. The molecule has 0 radical (unpaired) electrons. The van der Waals surface area contributed by atoms with Crippen LogP contribution in [0, 0.1) is 0 Å². The Bertz CT molecular complexity index is 884. The number of benzene rings is 1. The highest BCUT2D eigenvalue weighted by molar-refractivity contribution is 6.29. The second kappa shape index (κ2) is 9.25. The molecule has 2 N–H and O–H groups in total. The number of nitrogens with zero attached hydrogens (tertiary/aromatic N) is 3. The summed E-state index contributed by atoms with van der Waals surface area (Å²) >= 11 is 5.99. The van der Waals surface area contributed by atoms with Crippen LogP contribution in [0.5, 0.6) is 11.5 Å². The highest BCUT2D eigenvalue weighted by atomic mass is 35.5. The van der Waals surface area contributed by atoms with Crippen LogP contribution < -0.4 is 20.1 Å². The van der Waals surface area contributed by atoms with Crippen molar-refractivity contribution in [1.82, 2.24) is 20.4 Å². The van der Waals surface area contributed by atoms with Crippen molar-refractivity contribution in [3.05, 3.63) is 34.9 Å². The summed E-state index contributed by atoms with van der Waals surface area (Å²) in [4.78, 5) is 32.4. The first kappa shape index (κ1) is 21.8. The zero-order chi connectivity index (χ0) is 21.8. The molecule has 30 heavy (non-hydrogen) atoms. The Morgan fingerprint density at radius 2 is 2.00 bits per heavy atom. The van der Waals surface area contributed by atoms with Gasteiger partial charge in [-0.2, -0.15) is 0 Å². The Labute approximate surface area is 180 Å². The van der Waals surface area contributed by atoms with Crippen LogP contribution >= 0.6 is 11.6 Å². The van der Waals surface area contributed by atoms with Crippen LogP contribution in [0.2, 0.25) is 0 Å². The van der Waals surface area contributed by atoms with Gasteiger partial charge in [0.1, 0.15) is 6.17 Å². The molecule has 162 valence electrons. The number of carbonyl (C=O) groups excluding carboxylic acids is 2. The minimum atomic E-state index is -0.584. The summed E-state index contributed by atoms with van der Waals surface area (Å²) in [6, 6.07) is 4.71. The van der Waals surface area contributed by atoms with Crippen LogP contribution in [-0.4, -0.2) is 74.3 Å². The van der Waals surface area contributed by atoms with Crippen LogP contribution in [0.1, 0.15) is 12.5 Å². The first-order chi connectivity index (χ1) is 14.3. The summed E-state index contributed by atoms with van der Waals surface area (Å²) in [5.74, 6) is 1.52. The number of halogens is 1. The van der Waals surface area contributed by atoms with Crippen molar-refractivity contribution in [2.24, 2.45) is 4.99 Å². The number of allylic oxidation sites excluding steroid dienone is 1. The average Bonchev–Trinajstić information content (AvgIpc) is 3.09. The van der Waals surface area contributed by atoms with Crippen molar-refractivity contribution >= 4 is 29.5 Å². The van der Waals surface area contributed by atoms with Crippen molar-refractivity contribution < 1.29 is 19.1 Å². The summed E-state index contributed by atoms with van der Waals surface area (Å²) in [5.41, 5.74) is 1.04. The zero-order valence-electron chi connectivity index (χ0n) is 17.4. The minimum Gasteiger partial charge on any atom is -0.493 e. The number of hydrogen-bond acceptors (Lipinski definition) is 5. The van der Waals surface area contributed by atoms with Gasteiger partial charge in [-0.05, 0) is 31.0 Å². The van der Waals surface area contributed by atoms with Gasteiger partial charge in [-0.15, -0.1) is 0 Å². The van der Waals surface area contributed by atoms with Crippen LogP contribution in [0.3, 0.4) is 0 Å². The third-order valence-corrected chi connectivity index (χ3v) is 5.25. The smallest absolute Gasteiger partial charge is 0.325 e. The van der Waals surface area contributed by atoms with E-state index in [2.05, 4.69) is 15.6 Å². The summed E-state index contributed by atoms with van der Waals surface area (Å²) in [6.45, 7) is 2.65. The van der Waals surface area contributed by atoms with Gasteiger partial charge in [0.2, 0.25) is 0 Å². The molecule has 3 amide bonds. The number of guanidine groups is 1. The number of imide groups is 1. The van der Waals surface area contributed by atoms with Crippen LogP contribution in [-0.2, 0) is 11.2 Å². The maximum Gasteiger partial charge on any atom is 0.325 e. The molecule has 2 aliphatic heterocycles. The van der Waals surface area contributed by atoms with Crippen molar-refractivity contribution in [3.63, 3.8) is 0 Å². The third-order valence-electron chi connectivity index (χ3n) is 5.10. The molecule has 0 spiro atoms. The third kappa shape index (κ3) is 4.46. The summed E-state index contributed by atoms with van der Waals surface area (Å²) in [5, 5.41) is 6.20. The number of aliphatic imine (C=N–C) groups is 1. The molecule has 0 bridgehead atoms.